The zero-order chi connectivity index (χ0) is 10.1. The first kappa shape index (κ1) is 9.74. The third-order valence-electron chi connectivity index (χ3n) is 2.80. The molecular weight excluding hydrogens is 178 g/mol. The van der Waals surface area contributed by atoms with E-state index >= 15 is 0 Å². The predicted octanol–water partition coefficient (Wildman–Crippen LogP) is 2.08. The van der Waals surface area contributed by atoms with Gasteiger partial charge in [-0.15, -0.1) is 0 Å². The molecule has 3 nitrogen and oxygen atoms in total. The zero-order valence-electron chi connectivity index (χ0n) is 8.75. The monoisotopic (exact) mass is 195 g/mol. The smallest absolute Gasteiger partial charge is 0.105 e. The summed E-state index contributed by atoms with van der Waals surface area (Å²) in [6.45, 7) is 4.74. The van der Waals surface area contributed by atoms with Gasteiger partial charge >= 0.3 is 0 Å². The molecule has 1 fully saturated rings. The van der Waals surface area contributed by atoms with E-state index in [0.717, 1.165) is 36.5 Å². The topological polar surface area (TPSA) is 48.4 Å². The fraction of sp³-hybridized carbons (Fsp3) is 0.636. The lowest BCUT2D eigenvalue weighted by atomic mass is 10.0. The van der Waals surface area contributed by atoms with Crippen LogP contribution in [0.25, 0.3) is 0 Å². The van der Waals surface area contributed by atoms with Crippen molar-refractivity contribution in [1.82, 2.24) is 0 Å². The van der Waals surface area contributed by atoms with E-state index in [4.69, 9.17) is 14.9 Å². The molecule has 1 aliphatic heterocycles. The molecule has 14 heavy (non-hydrogen) atoms. The summed E-state index contributed by atoms with van der Waals surface area (Å²) in [4.78, 5) is 0. The molecule has 2 atom stereocenters. The van der Waals surface area contributed by atoms with Crippen molar-refractivity contribution in [3.63, 3.8) is 0 Å². The highest BCUT2D eigenvalue weighted by atomic mass is 16.5. The van der Waals surface area contributed by atoms with Gasteiger partial charge in [-0.1, -0.05) is 0 Å². The largest absolute Gasteiger partial charge is 0.466 e. The zero-order valence-corrected chi connectivity index (χ0v) is 8.75. The van der Waals surface area contributed by atoms with Gasteiger partial charge < -0.3 is 14.9 Å². The van der Waals surface area contributed by atoms with E-state index in [1.807, 2.05) is 19.9 Å². The van der Waals surface area contributed by atoms with Gasteiger partial charge in [0.15, 0.2) is 0 Å². The lowest BCUT2D eigenvalue weighted by Crippen LogP contribution is -2.25. The molecule has 0 spiro atoms. The molecule has 0 aromatic carbocycles. The summed E-state index contributed by atoms with van der Waals surface area (Å²) >= 11 is 0. The predicted molar refractivity (Wildman–Crippen MR) is 54.1 cm³/mol. The normalized spacial score (nSPS) is 24.1. The Morgan fingerprint density at radius 3 is 2.79 bits per heavy atom. The highest BCUT2D eigenvalue weighted by Crippen LogP contribution is 2.28. The van der Waals surface area contributed by atoms with Crippen LogP contribution in [0.3, 0.4) is 0 Å². The molecule has 78 valence electrons. The van der Waals surface area contributed by atoms with Gasteiger partial charge in [0.1, 0.15) is 11.5 Å². The Balaban J connectivity index is 2.17. The quantitative estimate of drug-likeness (QED) is 0.786. The molecule has 1 aromatic heterocycles. The number of nitrogens with two attached hydrogens (primary N) is 1. The Bertz CT molecular complexity index is 313. The molecular formula is C11H17NO2. The van der Waals surface area contributed by atoms with Gasteiger partial charge in [-0.25, -0.2) is 0 Å². The second-order valence-corrected chi connectivity index (χ2v) is 3.95. The van der Waals surface area contributed by atoms with Crippen LogP contribution in [0.4, 0.5) is 0 Å². The maximum atomic E-state index is 6.13. The molecule has 2 rings (SSSR count). The lowest BCUT2D eigenvalue weighted by molar-refractivity contribution is 0.0896. The van der Waals surface area contributed by atoms with E-state index in [-0.39, 0.29) is 12.1 Å². The fourth-order valence-corrected chi connectivity index (χ4v) is 2.07. The van der Waals surface area contributed by atoms with Crippen molar-refractivity contribution in [1.29, 1.82) is 0 Å². The van der Waals surface area contributed by atoms with Gasteiger partial charge in [-0.05, 0) is 32.8 Å². The van der Waals surface area contributed by atoms with E-state index in [2.05, 4.69) is 0 Å². The van der Waals surface area contributed by atoms with Crippen molar-refractivity contribution >= 4 is 0 Å². The van der Waals surface area contributed by atoms with Gasteiger partial charge in [-0.2, -0.15) is 0 Å². The first-order valence-electron chi connectivity index (χ1n) is 5.12. The van der Waals surface area contributed by atoms with Crippen LogP contribution in [0, 0.1) is 13.8 Å². The summed E-state index contributed by atoms with van der Waals surface area (Å²) in [5.41, 5.74) is 7.22. The van der Waals surface area contributed by atoms with E-state index < -0.39 is 0 Å². The molecule has 1 aliphatic rings. The Morgan fingerprint density at radius 1 is 1.50 bits per heavy atom. The van der Waals surface area contributed by atoms with Crippen molar-refractivity contribution in [3.05, 3.63) is 23.2 Å². The molecule has 3 heteroatoms. The maximum Gasteiger partial charge on any atom is 0.105 e. The molecule has 2 N–H and O–H groups in total. The highest BCUT2D eigenvalue weighted by molar-refractivity contribution is 5.24. The number of furan rings is 1. The number of hydrogen-bond donors (Lipinski definition) is 1. The molecule has 0 radical (unpaired) electrons. The van der Waals surface area contributed by atoms with E-state index in [0.29, 0.717) is 0 Å². The summed E-state index contributed by atoms with van der Waals surface area (Å²) in [6, 6.07) is 1.98. The van der Waals surface area contributed by atoms with Gasteiger partial charge in [0.05, 0.1) is 12.1 Å². The van der Waals surface area contributed by atoms with Gasteiger partial charge in [0.25, 0.3) is 0 Å². The van der Waals surface area contributed by atoms with E-state index in [1.165, 1.54) is 0 Å². The maximum absolute atomic E-state index is 6.13. The first-order chi connectivity index (χ1) is 6.68. The summed E-state index contributed by atoms with van der Waals surface area (Å²) < 4.78 is 11.0. The molecule has 0 amide bonds. The van der Waals surface area contributed by atoms with Crippen molar-refractivity contribution in [3.8, 4) is 0 Å². The molecule has 0 aliphatic carbocycles. The second kappa shape index (κ2) is 3.75. The van der Waals surface area contributed by atoms with Crippen molar-refractivity contribution in [2.24, 2.45) is 5.73 Å². The lowest BCUT2D eigenvalue weighted by Gasteiger charge is -2.17. The van der Waals surface area contributed by atoms with Crippen LogP contribution in [-0.2, 0) is 4.74 Å². The molecule has 1 aromatic rings. The summed E-state index contributed by atoms with van der Waals surface area (Å²) in [6.07, 6.45) is 2.35. The van der Waals surface area contributed by atoms with Crippen LogP contribution in [0.15, 0.2) is 10.5 Å². The van der Waals surface area contributed by atoms with Crippen LogP contribution in [0.5, 0.6) is 0 Å². The molecule has 0 saturated carbocycles. The number of aryl methyl sites for hydroxylation is 2. The fourth-order valence-electron chi connectivity index (χ4n) is 2.07. The standard InChI is InChI=1S/C11H17NO2/c1-7-6-9(8(2)14-7)11(12)10-4-3-5-13-10/h6,10-11H,3-5,12H2,1-2H3. The van der Waals surface area contributed by atoms with Crippen LogP contribution in [0.2, 0.25) is 0 Å². The van der Waals surface area contributed by atoms with Gasteiger partial charge in [0.2, 0.25) is 0 Å². The Labute approximate surface area is 84.2 Å². The van der Waals surface area contributed by atoms with Crippen LogP contribution in [0.1, 0.15) is 36.0 Å². The average Bonchev–Trinajstić information content (AvgIpc) is 2.73. The Morgan fingerprint density at radius 2 is 2.29 bits per heavy atom. The Hall–Kier alpha value is -0.800. The minimum Gasteiger partial charge on any atom is -0.466 e. The van der Waals surface area contributed by atoms with Crippen LogP contribution < -0.4 is 5.73 Å². The van der Waals surface area contributed by atoms with Crippen LogP contribution >= 0.6 is 0 Å². The minimum atomic E-state index is -0.0325. The van der Waals surface area contributed by atoms with Crippen molar-refractivity contribution < 1.29 is 9.15 Å². The molecule has 1 saturated heterocycles. The third-order valence-corrected chi connectivity index (χ3v) is 2.80. The van der Waals surface area contributed by atoms with E-state index in [9.17, 15) is 0 Å². The first-order valence-corrected chi connectivity index (χ1v) is 5.12. The highest BCUT2D eigenvalue weighted by Gasteiger charge is 2.26. The van der Waals surface area contributed by atoms with Gasteiger partial charge in [-0.3, -0.25) is 0 Å². The number of rotatable bonds is 2. The molecule has 0 bridgehead atoms. The summed E-state index contributed by atoms with van der Waals surface area (Å²) in [7, 11) is 0. The van der Waals surface area contributed by atoms with Crippen molar-refractivity contribution in [2.45, 2.75) is 38.8 Å². The summed E-state index contributed by atoms with van der Waals surface area (Å²) in [5.74, 6) is 1.84. The minimum absolute atomic E-state index is 0.0325. The Kier molecular flexibility index (Phi) is 2.61. The number of hydrogen-bond acceptors (Lipinski definition) is 3. The van der Waals surface area contributed by atoms with Gasteiger partial charge in [0, 0.05) is 12.2 Å². The second-order valence-electron chi connectivity index (χ2n) is 3.95. The number of ether oxygens (including phenoxy) is 1. The summed E-state index contributed by atoms with van der Waals surface area (Å²) in [5, 5.41) is 0. The molecule has 2 heterocycles. The SMILES string of the molecule is Cc1cc(C(N)C2CCCO2)c(C)o1. The van der Waals surface area contributed by atoms with Crippen LogP contribution in [-0.4, -0.2) is 12.7 Å². The third kappa shape index (κ3) is 1.70. The molecule has 2 unspecified atom stereocenters. The van der Waals surface area contributed by atoms with E-state index in [1.54, 1.807) is 0 Å². The van der Waals surface area contributed by atoms with Crippen molar-refractivity contribution in [2.75, 3.05) is 6.61 Å². The average molecular weight is 195 g/mol.